The Bertz CT molecular complexity index is 864. The monoisotopic (exact) mass is 425 g/mol. The highest BCUT2D eigenvalue weighted by Crippen LogP contribution is 2.38. The fourth-order valence-electron chi connectivity index (χ4n) is 4.60. The van der Waals surface area contributed by atoms with Crippen molar-refractivity contribution in [2.24, 2.45) is 5.92 Å². The van der Waals surface area contributed by atoms with Crippen LogP contribution in [0.3, 0.4) is 0 Å². The van der Waals surface area contributed by atoms with Gasteiger partial charge >= 0.3 is 0 Å². The predicted molar refractivity (Wildman–Crippen MR) is 120 cm³/mol. The van der Waals surface area contributed by atoms with Crippen molar-refractivity contribution in [1.29, 1.82) is 5.26 Å². The van der Waals surface area contributed by atoms with Crippen molar-refractivity contribution >= 4 is 0 Å². The lowest BCUT2D eigenvalue weighted by molar-refractivity contribution is 0.284. The first kappa shape index (κ1) is 23.3. The number of hydrogen-bond acceptors (Lipinski definition) is 2. The molecule has 3 rings (SSSR count). The molecule has 2 aromatic carbocycles. The van der Waals surface area contributed by atoms with E-state index in [2.05, 4.69) is 19.1 Å². The van der Waals surface area contributed by atoms with Crippen LogP contribution in [0.2, 0.25) is 0 Å². The third-order valence-corrected chi connectivity index (χ3v) is 6.58. The van der Waals surface area contributed by atoms with Crippen LogP contribution < -0.4 is 4.74 Å². The first-order chi connectivity index (χ1) is 15.1. The lowest BCUT2D eigenvalue weighted by Gasteiger charge is -2.29. The summed E-state index contributed by atoms with van der Waals surface area (Å²) in [6.45, 7) is 2.42. The predicted octanol–water partition coefficient (Wildman–Crippen LogP) is 8.05. The summed E-state index contributed by atoms with van der Waals surface area (Å²) in [5, 5.41) is 8.76. The Balaban J connectivity index is 1.45. The number of rotatable bonds is 10. The fourth-order valence-corrected chi connectivity index (χ4v) is 4.60. The van der Waals surface area contributed by atoms with Crippen molar-refractivity contribution in [2.45, 2.75) is 83.7 Å². The van der Waals surface area contributed by atoms with Crippen LogP contribution in [-0.4, -0.2) is 0 Å². The van der Waals surface area contributed by atoms with Crippen LogP contribution >= 0.6 is 0 Å². The molecule has 2 aromatic rings. The molecule has 0 atom stereocenters. The molecule has 166 valence electrons. The second kappa shape index (κ2) is 11.8. The highest BCUT2D eigenvalue weighted by molar-refractivity contribution is 5.38. The van der Waals surface area contributed by atoms with Gasteiger partial charge < -0.3 is 4.74 Å². The molecule has 0 heterocycles. The van der Waals surface area contributed by atoms with E-state index in [1.165, 1.54) is 81.9 Å². The summed E-state index contributed by atoms with van der Waals surface area (Å²) in [5.41, 5.74) is 1.95. The average Bonchev–Trinajstić information content (AvgIpc) is 2.81. The first-order valence-corrected chi connectivity index (χ1v) is 11.7. The number of hydrogen-bond donors (Lipinski definition) is 0. The van der Waals surface area contributed by atoms with Crippen LogP contribution in [0.1, 0.15) is 93.7 Å². The van der Waals surface area contributed by atoms with E-state index in [1.54, 1.807) is 6.07 Å². The minimum atomic E-state index is -1.16. The van der Waals surface area contributed by atoms with Crippen LogP contribution in [0.15, 0.2) is 36.4 Å². The topological polar surface area (TPSA) is 33.0 Å². The Morgan fingerprint density at radius 1 is 0.903 bits per heavy atom. The zero-order chi connectivity index (χ0) is 22.1. The van der Waals surface area contributed by atoms with Crippen molar-refractivity contribution in [3.8, 4) is 11.8 Å². The van der Waals surface area contributed by atoms with Gasteiger partial charge in [0.1, 0.15) is 12.7 Å². The van der Waals surface area contributed by atoms with Crippen molar-refractivity contribution in [1.82, 2.24) is 0 Å². The Morgan fingerprint density at radius 3 is 2.29 bits per heavy atom. The standard InChI is InChI=1S/C27H33F2NO/c1-2-3-4-5-6-7-20-8-12-22(13-9-20)23-14-10-21(11-15-23)19-31-25-17-16-24(18-30)26(28)27(25)29/h10-11,14-17,20,22H,2-9,12-13,19H2,1H3. The Morgan fingerprint density at radius 2 is 1.61 bits per heavy atom. The maximum atomic E-state index is 14.0. The van der Waals surface area contributed by atoms with E-state index in [-0.39, 0.29) is 17.9 Å². The molecule has 0 amide bonds. The largest absolute Gasteiger partial charge is 0.486 e. The third kappa shape index (κ3) is 6.53. The second-order valence-corrected chi connectivity index (χ2v) is 8.80. The number of nitriles is 1. The van der Waals surface area contributed by atoms with E-state index >= 15 is 0 Å². The Hall–Kier alpha value is -2.41. The molecular formula is C27H33F2NO. The molecule has 31 heavy (non-hydrogen) atoms. The third-order valence-electron chi connectivity index (χ3n) is 6.58. The molecule has 1 aliphatic rings. The number of benzene rings is 2. The number of unbranched alkanes of at least 4 members (excludes halogenated alkanes) is 4. The fraction of sp³-hybridized carbons (Fsp3) is 0.519. The molecule has 0 aliphatic heterocycles. The average molecular weight is 426 g/mol. The molecule has 1 saturated carbocycles. The summed E-state index contributed by atoms with van der Waals surface area (Å²) in [6.07, 6.45) is 13.4. The highest BCUT2D eigenvalue weighted by Gasteiger charge is 2.22. The quantitative estimate of drug-likeness (QED) is 0.361. The van der Waals surface area contributed by atoms with E-state index in [0.29, 0.717) is 5.92 Å². The molecule has 0 unspecified atom stereocenters. The summed E-state index contributed by atoms with van der Waals surface area (Å²) in [6, 6.07) is 12.5. The van der Waals surface area contributed by atoms with E-state index in [1.807, 2.05) is 12.1 Å². The van der Waals surface area contributed by atoms with Crippen LogP contribution in [0, 0.1) is 28.9 Å². The van der Waals surface area contributed by atoms with Gasteiger partial charge in [-0.25, -0.2) is 4.39 Å². The summed E-state index contributed by atoms with van der Waals surface area (Å²) in [5.74, 6) is -0.928. The van der Waals surface area contributed by atoms with Gasteiger partial charge in [0.05, 0.1) is 5.56 Å². The Labute approximate surface area is 185 Å². The van der Waals surface area contributed by atoms with Gasteiger partial charge in [-0.15, -0.1) is 0 Å². The van der Waals surface area contributed by atoms with Crippen LogP contribution in [0.5, 0.6) is 5.75 Å². The van der Waals surface area contributed by atoms with E-state index in [4.69, 9.17) is 10.00 Å². The maximum absolute atomic E-state index is 14.0. The molecule has 0 saturated heterocycles. The van der Waals surface area contributed by atoms with E-state index < -0.39 is 11.6 Å². The van der Waals surface area contributed by atoms with Gasteiger partial charge in [0.25, 0.3) is 0 Å². The highest BCUT2D eigenvalue weighted by atomic mass is 19.2. The minimum absolute atomic E-state index is 0.160. The van der Waals surface area contributed by atoms with Gasteiger partial charge in [0.2, 0.25) is 5.82 Å². The smallest absolute Gasteiger partial charge is 0.202 e. The van der Waals surface area contributed by atoms with Crippen molar-refractivity contribution in [3.63, 3.8) is 0 Å². The molecule has 1 fully saturated rings. The minimum Gasteiger partial charge on any atom is -0.486 e. The lowest BCUT2D eigenvalue weighted by atomic mass is 9.77. The van der Waals surface area contributed by atoms with Crippen LogP contribution in [0.25, 0.3) is 0 Å². The Kier molecular flexibility index (Phi) is 8.88. The zero-order valence-electron chi connectivity index (χ0n) is 18.5. The molecular weight excluding hydrogens is 392 g/mol. The van der Waals surface area contributed by atoms with Gasteiger partial charge in [-0.3, -0.25) is 0 Å². The van der Waals surface area contributed by atoms with Crippen LogP contribution in [-0.2, 0) is 6.61 Å². The SMILES string of the molecule is CCCCCCCC1CCC(c2ccc(COc3ccc(C#N)c(F)c3F)cc2)CC1. The number of nitrogens with zero attached hydrogens (tertiary/aromatic N) is 1. The second-order valence-electron chi connectivity index (χ2n) is 8.80. The summed E-state index contributed by atoms with van der Waals surface area (Å²) >= 11 is 0. The molecule has 4 heteroatoms. The lowest BCUT2D eigenvalue weighted by Crippen LogP contribution is -2.13. The molecule has 0 spiro atoms. The zero-order valence-corrected chi connectivity index (χ0v) is 18.5. The summed E-state index contributed by atoms with van der Waals surface area (Å²) < 4.78 is 33.1. The normalized spacial score (nSPS) is 18.5. The number of halogens is 2. The van der Waals surface area contributed by atoms with Gasteiger partial charge in [-0.05, 0) is 60.8 Å². The van der Waals surface area contributed by atoms with Gasteiger partial charge in [0, 0.05) is 0 Å². The van der Waals surface area contributed by atoms with E-state index in [9.17, 15) is 8.78 Å². The first-order valence-electron chi connectivity index (χ1n) is 11.7. The van der Waals surface area contributed by atoms with Crippen molar-refractivity contribution in [2.75, 3.05) is 0 Å². The summed E-state index contributed by atoms with van der Waals surface area (Å²) in [4.78, 5) is 0. The van der Waals surface area contributed by atoms with Gasteiger partial charge in [0.15, 0.2) is 11.6 Å². The molecule has 0 radical (unpaired) electrons. The van der Waals surface area contributed by atoms with Crippen LogP contribution in [0.4, 0.5) is 8.78 Å². The van der Waals surface area contributed by atoms with E-state index in [0.717, 1.165) is 11.5 Å². The van der Waals surface area contributed by atoms with Crippen molar-refractivity contribution in [3.05, 3.63) is 64.7 Å². The van der Waals surface area contributed by atoms with Gasteiger partial charge in [-0.2, -0.15) is 9.65 Å². The molecule has 2 nitrogen and oxygen atoms in total. The summed E-state index contributed by atoms with van der Waals surface area (Å²) in [7, 11) is 0. The molecule has 0 aromatic heterocycles. The number of ether oxygens (including phenoxy) is 1. The molecule has 0 N–H and O–H groups in total. The maximum Gasteiger partial charge on any atom is 0.202 e. The van der Waals surface area contributed by atoms with Crippen molar-refractivity contribution < 1.29 is 13.5 Å². The molecule has 1 aliphatic carbocycles. The van der Waals surface area contributed by atoms with Gasteiger partial charge in [-0.1, -0.05) is 69.7 Å². The molecule has 0 bridgehead atoms.